The van der Waals surface area contributed by atoms with E-state index in [-0.39, 0.29) is 23.6 Å². The Morgan fingerprint density at radius 3 is 2.48 bits per heavy atom. The molecule has 1 amide bonds. The van der Waals surface area contributed by atoms with Gasteiger partial charge in [0.25, 0.3) is 0 Å². The van der Waals surface area contributed by atoms with Crippen molar-refractivity contribution in [3.05, 3.63) is 29.3 Å². The van der Waals surface area contributed by atoms with Crippen LogP contribution in [0.5, 0.6) is 5.75 Å². The average molecular weight is 400 g/mol. The molecule has 3 unspecified atom stereocenters. The van der Waals surface area contributed by atoms with Crippen LogP contribution in [0.2, 0.25) is 0 Å². The van der Waals surface area contributed by atoms with E-state index in [1.807, 2.05) is 18.2 Å². The Labute approximate surface area is 175 Å². The van der Waals surface area contributed by atoms with Gasteiger partial charge in [0.2, 0.25) is 5.91 Å². The van der Waals surface area contributed by atoms with Crippen LogP contribution < -0.4 is 15.8 Å². The molecule has 3 atom stereocenters. The number of carbonyl (C=O) groups is 1. The molecular formula is C24H37N3O2. The smallest absolute Gasteiger partial charge is 0.223 e. The molecule has 0 radical (unpaired) electrons. The van der Waals surface area contributed by atoms with Crippen LogP contribution in [-0.2, 0) is 4.79 Å². The number of hydrogen-bond acceptors (Lipinski definition) is 3. The van der Waals surface area contributed by atoms with Crippen molar-refractivity contribution in [2.45, 2.75) is 59.8 Å². The van der Waals surface area contributed by atoms with Crippen LogP contribution in [0.3, 0.4) is 0 Å². The standard InChI is InChI=1S/C24H37N3O2/c1-14-10-18(24(3,4)5)11-15(2)21(14)23(28)27-9-8-17-13-29-20-7-6-16(22(25)26)12-19(17)20/h6-7,12,14-15,17-18,21H,8-11,13H2,1-5H3,(H3,25,26)(H,27,28). The zero-order valence-corrected chi connectivity index (χ0v) is 18.5. The van der Waals surface area contributed by atoms with Gasteiger partial charge in [-0.1, -0.05) is 34.6 Å². The monoisotopic (exact) mass is 399 g/mol. The van der Waals surface area contributed by atoms with E-state index in [1.54, 1.807) is 0 Å². The largest absolute Gasteiger partial charge is 0.493 e. The third kappa shape index (κ3) is 4.76. The summed E-state index contributed by atoms with van der Waals surface area (Å²) in [5.41, 5.74) is 7.75. The van der Waals surface area contributed by atoms with Crippen molar-refractivity contribution in [2.75, 3.05) is 13.2 Å². The number of amides is 1. The van der Waals surface area contributed by atoms with Gasteiger partial charge in [-0.05, 0) is 60.6 Å². The van der Waals surface area contributed by atoms with Gasteiger partial charge in [0.05, 0.1) is 6.61 Å². The molecular weight excluding hydrogens is 362 g/mol. The molecule has 1 fully saturated rings. The molecule has 2 aliphatic rings. The van der Waals surface area contributed by atoms with Gasteiger partial charge in [0.15, 0.2) is 0 Å². The number of hydrogen-bond donors (Lipinski definition) is 3. The maximum absolute atomic E-state index is 13.0. The van der Waals surface area contributed by atoms with Crippen LogP contribution in [0.15, 0.2) is 18.2 Å². The lowest BCUT2D eigenvalue weighted by atomic mass is 9.62. The normalized spacial score (nSPS) is 29.1. The number of ether oxygens (including phenoxy) is 1. The second-order valence-corrected chi connectivity index (χ2v) is 10.3. The highest BCUT2D eigenvalue weighted by Gasteiger charge is 2.41. The fourth-order valence-corrected chi connectivity index (χ4v) is 5.24. The first-order chi connectivity index (χ1) is 13.6. The zero-order chi connectivity index (χ0) is 21.3. The summed E-state index contributed by atoms with van der Waals surface area (Å²) in [7, 11) is 0. The Bertz CT molecular complexity index is 756. The first kappa shape index (κ1) is 21.7. The molecule has 1 aromatic rings. The Morgan fingerprint density at radius 2 is 1.90 bits per heavy atom. The van der Waals surface area contributed by atoms with Crippen LogP contribution >= 0.6 is 0 Å². The van der Waals surface area contributed by atoms with Crippen molar-refractivity contribution in [1.29, 1.82) is 5.41 Å². The summed E-state index contributed by atoms with van der Waals surface area (Å²) in [6.07, 6.45) is 3.09. The third-order valence-corrected chi connectivity index (χ3v) is 7.06. The molecule has 0 saturated heterocycles. The lowest BCUT2D eigenvalue weighted by molar-refractivity contribution is -0.131. The van der Waals surface area contributed by atoms with E-state index in [4.69, 9.17) is 15.9 Å². The van der Waals surface area contributed by atoms with Crippen LogP contribution in [0.1, 0.15) is 70.9 Å². The lowest BCUT2D eigenvalue weighted by Gasteiger charge is -2.43. The maximum Gasteiger partial charge on any atom is 0.223 e. The second-order valence-electron chi connectivity index (χ2n) is 10.3. The highest BCUT2D eigenvalue weighted by Crippen LogP contribution is 2.45. The molecule has 0 bridgehead atoms. The van der Waals surface area contributed by atoms with Crippen LogP contribution in [0.25, 0.3) is 0 Å². The number of amidine groups is 1. The molecule has 0 aromatic heterocycles. The molecule has 1 aliphatic heterocycles. The average Bonchev–Trinajstić information content (AvgIpc) is 3.02. The number of nitrogens with one attached hydrogen (secondary N) is 2. The summed E-state index contributed by atoms with van der Waals surface area (Å²) >= 11 is 0. The van der Waals surface area contributed by atoms with Crippen molar-refractivity contribution in [1.82, 2.24) is 5.32 Å². The molecule has 29 heavy (non-hydrogen) atoms. The molecule has 5 nitrogen and oxygen atoms in total. The predicted molar refractivity (Wildman–Crippen MR) is 117 cm³/mol. The Morgan fingerprint density at radius 1 is 1.24 bits per heavy atom. The van der Waals surface area contributed by atoms with Gasteiger partial charge in [-0.3, -0.25) is 10.2 Å². The molecule has 1 heterocycles. The summed E-state index contributed by atoms with van der Waals surface area (Å²) in [6.45, 7) is 12.7. The maximum atomic E-state index is 13.0. The highest BCUT2D eigenvalue weighted by molar-refractivity contribution is 5.95. The van der Waals surface area contributed by atoms with E-state index in [9.17, 15) is 4.79 Å². The first-order valence-corrected chi connectivity index (χ1v) is 11.0. The van der Waals surface area contributed by atoms with Gasteiger partial charge in [-0.25, -0.2) is 0 Å². The fraction of sp³-hybridized carbons (Fsp3) is 0.667. The van der Waals surface area contributed by atoms with E-state index in [0.717, 1.165) is 36.1 Å². The highest BCUT2D eigenvalue weighted by atomic mass is 16.5. The molecule has 3 rings (SSSR count). The minimum absolute atomic E-state index is 0.0700. The fourth-order valence-electron chi connectivity index (χ4n) is 5.24. The van der Waals surface area contributed by atoms with Gasteiger partial charge < -0.3 is 15.8 Å². The van der Waals surface area contributed by atoms with E-state index >= 15 is 0 Å². The van der Waals surface area contributed by atoms with E-state index in [2.05, 4.69) is 39.9 Å². The van der Waals surface area contributed by atoms with Gasteiger partial charge >= 0.3 is 0 Å². The minimum atomic E-state index is 0.0700. The van der Waals surface area contributed by atoms with Crippen molar-refractivity contribution in [3.63, 3.8) is 0 Å². The molecule has 4 N–H and O–H groups in total. The van der Waals surface area contributed by atoms with E-state index < -0.39 is 0 Å². The molecule has 5 heteroatoms. The van der Waals surface area contributed by atoms with E-state index in [0.29, 0.717) is 36.3 Å². The molecule has 160 valence electrons. The van der Waals surface area contributed by atoms with Gasteiger partial charge in [-0.2, -0.15) is 0 Å². The summed E-state index contributed by atoms with van der Waals surface area (Å²) < 4.78 is 5.77. The first-order valence-electron chi connectivity index (χ1n) is 11.0. The number of nitrogen functional groups attached to an aromatic ring is 1. The number of nitrogens with two attached hydrogens (primary N) is 1. The minimum Gasteiger partial charge on any atom is -0.493 e. The van der Waals surface area contributed by atoms with Crippen molar-refractivity contribution in [2.24, 2.45) is 34.8 Å². The Hall–Kier alpha value is -2.04. The molecule has 0 spiro atoms. The Kier molecular flexibility index (Phi) is 6.25. The number of fused-ring (bicyclic) bond motifs is 1. The summed E-state index contributed by atoms with van der Waals surface area (Å²) in [4.78, 5) is 13.0. The molecule has 1 aromatic carbocycles. The summed E-state index contributed by atoms with van der Waals surface area (Å²) in [5, 5.41) is 10.8. The van der Waals surface area contributed by atoms with Crippen molar-refractivity contribution < 1.29 is 9.53 Å². The SMILES string of the molecule is CC1CC(C(C)(C)C)CC(C)C1C(=O)NCCC1COc2ccc(C(=N)N)cc21. The number of rotatable bonds is 5. The number of benzene rings is 1. The van der Waals surface area contributed by atoms with Gasteiger partial charge in [0.1, 0.15) is 11.6 Å². The molecule has 1 aliphatic carbocycles. The third-order valence-electron chi connectivity index (χ3n) is 7.06. The zero-order valence-electron chi connectivity index (χ0n) is 18.5. The van der Waals surface area contributed by atoms with Crippen LogP contribution in [0.4, 0.5) is 0 Å². The van der Waals surface area contributed by atoms with Crippen LogP contribution in [-0.4, -0.2) is 24.9 Å². The quantitative estimate of drug-likeness (QED) is 0.509. The predicted octanol–water partition coefficient (Wildman–Crippen LogP) is 4.30. The topological polar surface area (TPSA) is 88.2 Å². The van der Waals surface area contributed by atoms with Gasteiger partial charge in [0, 0.05) is 29.5 Å². The van der Waals surface area contributed by atoms with Gasteiger partial charge in [-0.15, -0.1) is 0 Å². The summed E-state index contributed by atoms with van der Waals surface area (Å²) in [5.74, 6) is 2.98. The Balaban J connectivity index is 1.55. The summed E-state index contributed by atoms with van der Waals surface area (Å²) in [6, 6.07) is 5.67. The number of carbonyl (C=O) groups excluding carboxylic acids is 1. The second kappa shape index (κ2) is 8.37. The molecule has 1 saturated carbocycles. The van der Waals surface area contributed by atoms with Crippen molar-refractivity contribution >= 4 is 11.7 Å². The van der Waals surface area contributed by atoms with E-state index in [1.165, 1.54) is 0 Å². The lowest BCUT2D eigenvalue weighted by Crippen LogP contribution is -2.44. The van der Waals surface area contributed by atoms with Crippen molar-refractivity contribution in [3.8, 4) is 5.75 Å². The van der Waals surface area contributed by atoms with Crippen LogP contribution in [0, 0.1) is 34.5 Å².